The maximum absolute atomic E-state index is 12.7. The number of hydrogen-bond acceptors (Lipinski definition) is 6. The number of aromatic nitrogens is 2. The summed E-state index contributed by atoms with van der Waals surface area (Å²) in [5, 5.41) is 10.9. The Hall–Kier alpha value is -1.28. The molecule has 2 heterocycles. The van der Waals surface area contributed by atoms with Crippen LogP contribution in [0.4, 0.5) is 0 Å². The molecule has 0 spiro atoms. The van der Waals surface area contributed by atoms with Gasteiger partial charge < -0.3 is 14.8 Å². The number of aliphatic hydroxyl groups is 1. The molecule has 1 atom stereocenters. The molecule has 7 heteroatoms. The quantitative estimate of drug-likeness (QED) is 0.700. The minimum Gasteiger partial charge on any atom is -0.389 e. The molecule has 0 bridgehead atoms. The van der Waals surface area contributed by atoms with Gasteiger partial charge in [-0.3, -0.25) is 9.69 Å². The molecule has 1 aliphatic carbocycles. The number of nitrogens with zero attached hydrogens (tertiary/aromatic N) is 2. The van der Waals surface area contributed by atoms with Crippen LogP contribution in [-0.4, -0.2) is 52.4 Å². The van der Waals surface area contributed by atoms with E-state index in [1.165, 1.54) is 16.9 Å². The van der Waals surface area contributed by atoms with Crippen molar-refractivity contribution in [3.05, 3.63) is 26.6 Å². The van der Waals surface area contributed by atoms with Gasteiger partial charge in [-0.15, -0.1) is 11.3 Å². The minimum atomic E-state index is -0.536. The fourth-order valence-corrected chi connectivity index (χ4v) is 4.93. The molecule has 0 aromatic carbocycles. The van der Waals surface area contributed by atoms with Crippen molar-refractivity contribution in [1.29, 1.82) is 0 Å². The Labute approximate surface area is 158 Å². The third kappa shape index (κ3) is 4.52. The van der Waals surface area contributed by atoms with Crippen LogP contribution in [0.5, 0.6) is 0 Å². The van der Waals surface area contributed by atoms with E-state index in [9.17, 15) is 9.90 Å². The molecule has 26 heavy (non-hydrogen) atoms. The van der Waals surface area contributed by atoms with E-state index in [-0.39, 0.29) is 5.56 Å². The highest BCUT2D eigenvalue weighted by Gasteiger charge is 2.20. The molecule has 144 valence electrons. The average molecular weight is 380 g/mol. The van der Waals surface area contributed by atoms with E-state index >= 15 is 0 Å². The standard InChI is InChI=1S/C19H29N3O3S/c1-3-9-22(10-13(23)12-25-4-2)11-16-20-18(24)17-14-7-5-6-8-15(14)26-19(17)21-16/h13,23H,3-12H2,1-2H3,(H,20,21,24). The lowest BCUT2D eigenvalue weighted by atomic mass is 9.97. The Balaban J connectivity index is 1.79. The third-order valence-corrected chi connectivity index (χ3v) is 5.96. The molecule has 6 nitrogen and oxygen atoms in total. The topological polar surface area (TPSA) is 78.5 Å². The highest BCUT2D eigenvalue weighted by molar-refractivity contribution is 7.18. The number of aromatic amines is 1. The summed E-state index contributed by atoms with van der Waals surface area (Å²) in [7, 11) is 0. The van der Waals surface area contributed by atoms with Crippen molar-refractivity contribution in [3.8, 4) is 0 Å². The highest BCUT2D eigenvalue weighted by Crippen LogP contribution is 2.33. The highest BCUT2D eigenvalue weighted by atomic mass is 32.1. The van der Waals surface area contributed by atoms with Gasteiger partial charge in [0.2, 0.25) is 0 Å². The molecule has 0 amide bonds. The number of H-pyrrole nitrogens is 1. The van der Waals surface area contributed by atoms with Gasteiger partial charge >= 0.3 is 0 Å². The molecule has 2 aromatic heterocycles. The van der Waals surface area contributed by atoms with Gasteiger partial charge in [-0.05, 0) is 51.1 Å². The maximum atomic E-state index is 12.7. The van der Waals surface area contributed by atoms with E-state index in [0.29, 0.717) is 32.1 Å². The lowest BCUT2D eigenvalue weighted by Crippen LogP contribution is -2.36. The lowest BCUT2D eigenvalue weighted by Gasteiger charge is -2.24. The molecular weight excluding hydrogens is 350 g/mol. The van der Waals surface area contributed by atoms with Crippen molar-refractivity contribution in [2.45, 2.75) is 58.6 Å². The Bertz CT molecular complexity index is 786. The van der Waals surface area contributed by atoms with E-state index < -0.39 is 6.10 Å². The summed E-state index contributed by atoms with van der Waals surface area (Å²) < 4.78 is 5.30. The summed E-state index contributed by atoms with van der Waals surface area (Å²) in [6.07, 6.45) is 4.85. The molecule has 3 rings (SSSR count). The monoisotopic (exact) mass is 379 g/mol. The number of fused-ring (bicyclic) bond motifs is 3. The summed E-state index contributed by atoms with van der Waals surface area (Å²) in [5.74, 6) is 0.679. The Kier molecular flexibility index (Phi) is 6.80. The predicted octanol–water partition coefficient (Wildman–Crippen LogP) is 2.47. The Morgan fingerprint density at radius 2 is 2.15 bits per heavy atom. The molecule has 0 radical (unpaired) electrons. The van der Waals surface area contributed by atoms with Crippen molar-refractivity contribution >= 4 is 21.6 Å². The smallest absolute Gasteiger partial charge is 0.259 e. The molecule has 2 aromatic rings. The second-order valence-corrected chi connectivity index (χ2v) is 8.04. The largest absolute Gasteiger partial charge is 0.389 e. The van der Waals surface area contributed by atoms with E-state index in [0.717, 1.165) is 42.4 Å². The lowest BCUT2D eigenvalue weighted by molar-refractivity contribution is 0.0192. The van der Waals surface area contributed by atoms with Crippen molar-refractivity contribution in [2.75, 3.05) is 26.3 Å². The van der Waals surface area contributed by atoms with E-state index in [2.05, 4.69) is 16.8 Å². The van der Waals surface area contributed by atoms with Crippen LogP contribution in [0.3, 0.4) is 0 Å². The normalized spacial score (nSPS) is 15.5. The number of hydrogen-bond donors (Lipinski definition) is 2. The SMILES string of the molecule is CCCN(Cc1nc2sc3c(c2c(=O)[nH]1)CCCC3)CC(O)COCC. The number of rotatable bonds is 9. The average Bonchev–Trinajstić information content (AvgIpc) is 2.98. The van der Waals surface area contributed by atoms with Gasteiger partial charge in [0.1, 0.15) is 10.7 Å². The first-order valence-electron chi connectivity index (χ1n) is 9.64. The number of nitrogens with one attached hydrogen (secondary N) is 1. The van der Waals surface area contributed by atoms with Crippen molar-refractivity contribution in [1.82, 2.24) is 14.9 Å². The Morgan fingerprint density at radius 1 is 1.35 bits per heavy atom. The molecular formula is C19H29N3O3S. The zero-order chi connectivity index (χ0) is 18.5. The summed E-state index contributed by atoms with van der Waals surface area (Å²) in [6.45, 7) is 6.83. The first kappa shape index (κ1) is 19.5. The van der Waals surface area contributed by atoms with E-state index in [1.54, 1.807) is 11.3 Å². The molecule has 2 N–H and O–H groups in total. The molecule has 1 unspecified atom stereocenters. The van der Waals surface area contributed by atoms with Crippen molar-refractivity contribution in [2.24, 2.45) is 0 Å². The zero-order valence-electron chi connectivity index (χ0n) is 15.7. The minimum absolute atomic E-state index is 0.0179. The molecule has 0 saturated carbocycles. The fraction of sp³-hybridized carbons (Fsp3) is 0.684. The van der Waals surface area contributed by atoms with Gasteiger partial charge in [0.05, 0.1) is 24.6 Å². The van der Waals surface area contributed by atoms with Gasteiger partial charge in [-0.1, -0.05) is 6.92 Å². The van der Waals surface area contributed by atoms with E-state index in [4.69, 9.17) is 9.72 Å². The number of ether oxygens (including phenoxy) is 1. The van der Waals surface area contributed by atoms with Crippen LogP contribution in [0.15, 0.2) is 4.79 Å². The van der Waals surface area contributed by atoms with Crippen LogP contribution in [0.2, 0.25) is 0 Å². The van der Waals surface area contributed by atoms with Crippen LogP contribution >= 0.6 is 11.3 Å². The van der Waals surface area contributed by atoms with Gasteiger partial charge in [0.25, 0.3) is 5.56 Å². The Morgan fingerprint density at radius 3 is 2.92 bits per heavy atom. The van der Waals surface area contributed by atoms with Crippen LogP contribution in [0.25, 0.3) is 10.2 Å². The first-order valence-corrected chi connectivity index (χ1v) is 10.5. The van der Waals surface area contributed by atoms with Gasteiger partial charge in [-0.2, -0.15) is 0 Å². The summed E-state index contributed by atoms with van der Waals surface area (Å²) in [5.41, 5.74) is 1.20. The summed E-state index contributed by atoms with van der Waals surface area (Å²) in [6, 6.07) is 0. The van der Waals surface area contributed by atoms with Gasteiger partial charge in [0.15, 0.2) is 0 Å². The van der Waals surface area contributed by atoms with Crippen LogP contribution < -0.4 is 5.56 Å². The third-order valence-electron chi connectivity index (χ3n) is 4.77. The second-order valence-electron chi connectivity index (χ2n) is 6.95. The number of thiophene rings is 1. The van der Waals surface area contributed by atoms with Gasteiger partial charge in [-0.25, -0.2) is 4.98 Å². The van der Waals surface area contributed by atoms with Crippen LogP contribution in [0, 0.1) is 0 Å². The first-order chi connectivity index (χ1) is 12.6. The fourth-order valence-electron chi connectivity index (χ4n) is 3.65. The summed E-state index contributed by atoms with van der Waals surface area (Å²) >= 11 is 1.67. The zero-order valence-corrected chi connectivity index (χ0v) is 16.5. The van der Waals surface area contributed by atoms with Gasteiger partial charge in [0, 0.05) is 18.0 Å². The molecule has 0 aliphatic heterocycles. The number of aliphatic hydroxyl groups excluding tert-OH is 1. The molecule has 0 fully saturated rings. The van der Waals surface area contributed by atoms with Crippen LogP contribution in [-0.2, 0) is 24.1 Å². The molecule has 1 aliphatic rings. The van der Waals surface area contributed by atoms with Crippen LogP contribution in [0.1, 0.15) is 49.4 Å². The van der Waals surface area contributed by atoms with E-state index in [1.807, 2.05) is 6.92 Å². The van der Waals surface area contributed by atoms with Crippen molar-refractivity contribution < 1.29 is 9.84 Å². The predicted molar refractivity (Wildman–Crippen MR) is 105 cm³/mol. The summed E-state index contributed by atoms with van der Waals surface area (Å²) in [4.78, 5) is 24.7. The maximum Gasteiger partial charge on any atom is 0.259 e. The molecule has 0 saturated heterocycles. The number of aryl methyl sites for hydroxylation is 2. The van der Waals surface area contributed by atoms with Crippen molar-refractivity contribution in [3.63, 3.8) is 0 Å². The second kappa shape index (κ2) is 9.08.